The summed E-state index contributed by atoms with van der Waals surface area (Å²) in [4.78, 5) is 16.8. The van der Waals surface area contributed by atoms with Gasteiger partial charge in [0.05, 0.1) is 12.0 Å². The summed E-state index contributed by atoms with van der Waals surface area (Å²) in [5.41, 5.74) is 0. The van der Waals surface area contributed by atoms with E-state index in [4.69, 9.17) is 4.74 Å². The Morgan fingerprint density at radius 1 is 1.16 bits per heavy atom. The van der Waals surface area contributed by atoms with E-state index in [-0.39, 0.29) is 5.92 Å². The van der Waals surface area contributed by atoms with Crippen molar-refractivity contribution in [2.45, 2.75) is 25.4 Å². The summed E-state index contributed by atoms with van der Waals surface area (Å²) in [7, 11) is 0. The van der Waals surface area contributed by atoms with Gasteiger partial charge in [0.25, 0.3) is 0 Å². The summed E-state index contributed by atoms with van der Waals surface area (Å²) in [5.74, 6) is 0.599. The topological polar surface area (TPSA) is 44.8 Å². The summed E-state index contributed by atoms with van der Waals surface area (Å²) in [5, 5.41) is 3.18. The molecule has 0 aromatic rings. The number of ether oxygens (including phenoxy) is 1. The Bertz CT molecular complexity index is 314. The average molecular weight is 267 g/mol. The molecule has 1 amide bonds. The minimum atomic E-state index is 0.240. The highest BCUT2D eigenvalue weighted by Gasteiger charge is 2.30. The molecule has 3 aliphatic heterocycles. The van der Waals surface area contributed by atoms with Crippen LogP contribution in [0.4, 0.5) is 0 Å². The van der Waals surface area contributed by atoms with Crippen molar-refractivity contribution in [3.8, 4) is 0 Å². The lowest BCUT2D eigenvalue weighted by Gasteiger charge is -2.32. The molecule has 0 radical (unpaired) electrons. The Balaban J connectivity index is 1.46. The maximum Gasteiger partial charge on any atom is 0.228 e. The molecule has 0 aliphatic carbocycles. The number of carbonyl (C=O) groups excluding carboxylic acids is 1. The molecule has 3 aliphatic rings. The second-order valence-electron chi connectivity index (χ2n) is 5.97. The van der Waals surface area contributed by atoms with Gasteiger partial charge in [0.1, 0.15) is 0 Å². The van der Waals surface area contributed by atoms with Gasteiger partial charge >= 0.3 is 0 Å². The van der Waals surface area contributed by atoms with Crippen LogP contribution in [0.3, 0.4) is 0 Å². The van der Waals surface area contributed by atoms with Crippen molar-refractivity contribution in [2.24, 2.45) is 5.92 Å². The molecular formula is C14H25N3O2. The molecule has 0 saturated carbocycles. The molecule has 5 heteroatoms. The van der Waals surface area contributed by atoms with Gasteiger partial charge in [0, 0.05) is 45.9 Å². The zero-order chi connectivity index (χ0) is 13.1. The molecule has 0 spiro atoms. The van der Waals surface area contributed by atoms with Gasteiger partial charge in [0.15, 0.2) is 0 Å². The minimum absolute atomic E-state index is 0.240. The highest BCUT2D eigenvalue weighted by molar-refractivity contribution is 5.80. The van der Waals surface area contributed by atoms with Crippen LogP contribution in [0.2, 0.25) is 0 Å². The highest BCUT2D eigenvalue weighted by Crippen LogP contribution is 2.16. The van der Waals surface area contributed by atoms with E-state index in [9.17, 15) is 4.79 Å². The molecule has 3 heterocycles. The maximum atomic E-state index is 12.2. The van der Waals surface area contributed by atoms with Gasteiger partial charge in [-0.2, -0.15) is 0 Å². The fraction of sp³-hybridized carbons (Fsp3) is 0.929. The zero-order valence-corrected chi connectivity index (χ0v) is 11.6. The van der Waals surface area contributed by atoms with Crippen LogP contribution in [0.15, 0.2) is 0 Å². The Morgan fingerprint density at radius 2 is 2.05 bits per heavy atom. The number of carbonyl (C=O) groups is 1. The van der Waals surface area contributed by atoms with Crippen LogP contribution in [0.1, 0.15) is 19.3 Å². The van der Waals surface area contributed by atoms with Crippen molar-refractivity contribution >= 4 is 5.91 Å². The summed E-state index contributed by atoms with van der Waals surface area (Å²) in [6.45, 7) is 7.65. The molecular weight excluding hydrogens is 242 g/mol. The zero-order valence-electron chi connectivity index (χ0n) is 11.6. The minimum Gasteiger partial charge on any atom is -0.377 e. The summed E-state index contributed by atoms with van der Waals surface area (Å²) >= 11 is 0. The van der Waals surface area contributed by atoms with Gasteiger partial charge < -0.3 is 15.0 Å². The van der Waals surface area contributed by atoms with E-state index in [2.05, 4.69) is 15.1 Å². The average Bonchev–Trinajstić information content (AvgIpc) is 2.72. The molecule has 108 valence electrons. The molecule has 0 aromatic carbocycles. The first-order valence-electron chi connectivity index (χ1n) is 7.66. The van der Waals surface area contributed by atoms with E-state index in [1.165, 1.54) is 12.8 Å². The van der Waals surface area contributed by atoms with E-state index in [1.54, 1.807) is 0 Å². The fourth-order valence-electron chi connectivity index (χ4n) is 3.17. The smallest absolute Gasteiger partial charge is 0.228 e. The van der Waals surface area contributed by atoms with Gasteiger partial charge in [-0.1, -0.05) is 0 Å². The highest BCUT2D eigenvalue weighted by atomic mass is 16.5. The van der Waals surface area contributed by atoms with Crippen LogP contribution < -0.4 is 5.32 Å². The van der Waals surface area contributed by atoms with Crippen molar-refractivity contribution in [1.29, 1.82) is 0 Å². The van der Waals surface area contributed by atoms with E-state index in [1.807, 2.05) is 0 Å². The molecule has 3 fully saturated rings. The van der Waals surface area contributed by atoms with Gasteiger partial charge in [-0.15, -0.1) is 0 Å². The van der Waals surface area contributed by atoms with Crippen LogP contribution in [0, 0.1) is 5.92 Å². The van der Waals surface area contributed by atoms with Crippen molar-refractivity contribution in [3.63, 3.8) is 0 Å². The molecule has 1 N–H and O–H groups in total. The van der Waals surface area contributed by atoms with Crippen molar-refractivity contribution < 1.29 is 9.53 Å². The third kappa shape index (κ3) is 3.27. The molecule has 1 unspecified atom stereocenters. The van der Waals surface area contributed by atoms with E-state index < -0.39 is 0 Å². The normalized spacial score (nSPS) is 30.1. The number of hydrogen-bond acceptors (Lipinski definition) is 4. The number of amides is 1. The Labute approximate surface area is 115 Å². The third-order valence-corrected chi connectivity index (χ3v) is 4.52. The number of hydrogen-bond donors (Lipinski definition) is 1. The van der Waals surface area contributed by atoms with Gasteiger partial charge in [-0.05, 0) is 25.8 Å². The van der Waals surface area contributed by atoms with E-state index >= 15 is 0 Å². The molecule has 1 atom stereocenters. The van der Waals surface area contributed by atoms with Crippen molar-refractivity contribution in [3.05, 3.63) is 0 Å². The predicted molar refractivity (Wildman–Crippen MR) is 73.0 cm³/mol. The summed E-state index contributed by atoms with van der Waals surface area (Å²) < 4.78 is 5.71. The van der Waals surface area contributed by atoms with Crippen LogP contribution in [-0.2, 0) is 9.53 Å². The quantitative estimate of drug-likeness (QED) is 0.777. The van der Waals surface area contributed by atoms with Crippen LogP contribution >= 0.6 is 0 Å². The van der Waals surface area contributed by atoms with Gasteiger partial charge in [-0.3, -0.25) is 9.69 Å². The third-order valence-electron chi connectivity index (χ3n) is 4.52. The van der Waals surface area contributed by atoms with Crippen LogP contribution in [0.5, 0.6) is 0 Å². The lowest BCUT2D eigenvalue weighted by atomic mass is 10.0. The Hall–Kier alpha value is -0.650. The molecule has 3 saturated heterocycles. The SMILES string of the molecule is O=C(C1CNC1)N1CCCN(CC2CCCO2)CC1. The molecule has 19 heavy (non-hydrogen) atoms. The largest absolute Gasteiger partial charge is 0.377 e. The standard InChI is InChI=1S/C14H25N3O2/c18-14(12-9-15-10-12)17-5-2-4-16(6-7-17)11-13-3-1-8-19-13/h12-13,15H,1-11H2. The number of rotatable bonds is 3. The molecule has 0 aromatic heterocycles. The summed E-state index contributed by atoms with van der Waals surface area (Å²) in [6.07, 6.45) is 3.93. The van der Waals surface area contributed by atoms with Crippen LogP contribution in [-0.4, -0.2) is 74.2 Å². The second-order valence-corrected chi connectivity index (χ2v) is 5.97. The monoisotopic (exact) mass is 267 g/mol. The summed E-state index contributed by atoms with van der Waals surface area (Å²) in [6, 6.07) is 0. The lowest BCUT2D eigenvalue weighted by Crippen LogP contribution is -2.52. The number of nitrogens with one attached hydrogen (secondary N) is 1. The van der Waals surface area contributed by atoms with E-state index in [0.29, 0.717) is 12.0 Å². The van der Waals surface area contributed by atoms with Gasteiger partial charge in [0.2, 0.25) is 5.91 Å². The number of nitrogens with zero attached hydrogens (tertiary/aromatic N) is 2. The van der Waals surface area contributed by atoms with Crippen LogP contribution in [0.25, 0.3) is 0 Å². The first-order chi connectivity index (χ1) is 9.33. The lowest BCUT2D eigenvalue weighted by molar-refractivity contribution is -0.136. The molecule has 5 nitrogen and oxygen atoms in total. The first-order valence-corrected chi connectivity index (χ1v) is 7.66. The first kappa shape index (κ1) is 13.3. The van der Waals surface area contributed by atoms with E-state index in [0.717, 1.165) is 58.8 Å². The van der Waals surface area contributed by atoms with Crippen molar-refractivity contribution in [2.75, 3.05) is 52.4 Å². The predicted octanol–water partition coefficient (Wildman–Crippen LogP) is -0.0809. The van der Waals surface area contributed by atoms with Crippen molar-refractivity contribution in [1.82, 2.24) is 15.1 Å². The Morgan fingerprint density at radius 3 is 2.74 bits per heavy atom. The maximum absolute atomic E-state index is 12.2. The molecule has 3 rings (SSSR count). The van der Waals surface area contributed by atoms with Gasteiger partial charge in [-0.25, -0.2) is 0 Å². The Kier molecular flexibility index (Phi) is 4.35. The second kappa shape index (κ2) is 6.20. The molecule has 0 bridgehead atoms. The fourth-order valence-corrected chi connectivity index (χ4v) is 3.17.